The first-order valence-electron chi connectivity index (χ1n) is 8.93. The van der Waals surface area contributed by atoms with Crippen LogP contribution in [0.3, 0.4) is 0 Å². The normalized spacial score (nSPS) is 22.9. The van der Waals surface area contributed by atoms with Crippen molar-refractivity contribution in [3.05, 3.63) is 28.7 Å². The molecular weight excluding hydrogens is 491 g/mol. The minimum absolute atomic E-state index is 0. The van der Waals surface area contributed by atoms with Gasteiger partial charge in [0, 0.05) is 49.9 Å². The smallest absolute Gasteiger partial charge is 0.193 e. The summed E-state index contributed by atoms with van der Waals surface area (Å²) in [7, 11) is 1.90. The first-order chi connectivity index (χ1) is 11.5. The lowest BCUT2D eigenvalue weighted by molar-refractivity contribution is 0.368. The second-order valence-corrected chi connectivity index (χ2v) is 8.76. The van der Waals surface area contributed by atoms with Crippen LogP contribution in [0.25, 0.3) is 0 Å². The maximum absolute atomic E-state index is 4.50. The molecule has 1 aromatic rings. The molecule has 2 saturated heterocycles. The van der Waals surface area contributed by atoms with Gasteiger partial charge in [0.15, 0.2) is 5.96 Å². The van der Waals surface area contributed by atoms with Crippen molar-refractivity contribution >= 4 is 51.6 Å². The van der Waals surface area contributed by atoms with Gasteiger partial charge in [0.1, 0.15) is 0 Å². The standard InChI is InChI=1S/C19H29BrN4.HI/c1-19(2)9-11-24(14-19)18(21-3)22-12-15-8-10-23(13-15)17-6-4-16(20)5-7-17;/h4-7,15H,8-14H2,1-3H3,(H,21,22);1H. The first-order valence-corrected chi connectivity index (χ1v) is 9.72. The number of likely N-dealkylation sites (tertiary alicyclic amines) is 1. The molecule has 0 aromatic heterocycles. The minimum Gasteiger partial charge on any atom is -0.371 e. The third-order valence-electron chi connectivity index (χ3n) is 5.22. The molecule has 1 unspecified atom stereocenters. The van der Waals surface area contributed by atoms with Crippen LogP contribution >= 0.6 is 39.9 Å². The number of halogens is 2. The van der Waals surface area contributed by atoms with Crippen molar-refractivity contribution in [3.63, 3.8) is 0 Å². The highest BCUT2D eigenvalue weighted by atomic mass is 127. The average Bonchev–Trinajstić information content (AvgIpc) is 3.15. The van der Waals surface area contributed by atoms with Crippen molar-refractivity contribution in [2.45, 2.75) is 26.7 Å². The quantitative estimate of drug-likeness (QED) is 0.368. The molecule has 0 saturated carbocycles. The monoisotopic (exact) mass is 520 g/mol. The van der Waals surface area contributed by atoms with Crippen LogP contribution in [-0.2, 0) is 0 Å². The second-order valence-electron chi connectivity index (χ2n) is 7.84. The molecule has 6 heteroatoms. The van der Waals surface area contributed by atoms with Crippen LogP contribution in [0.5, 0.6) is 0 Å². The van der Waals surface area contributed by atoms with E-state index in [1.54, 1.807) is 0 Å². The lowest BCUT2D eigenvalue weighted by atomic mass is 9.93. The van der Waals surface area contributed by atoms with Crippen LogP contribution in [0.15, 0.2) is 33.7 Å². The number of nitrogens with zero attached hydrogens (tertiary/aromatic N) is 3. The Morgan fingerprint density at radius 2 is 2.00 bits per heavy atom. The molecule has 0 amide bonds. The third-order valence-corrected chi connectivity index (χ3v) is 5.74. The van der Waals surface area contributed by atoms with E-state index < -0.39 is 0 Å². The predicted molar refractivity (Wildman–Crippen MR) is 121 cm³/mol. The Labute approximate surface area is 177 Å². The van der Waals surface area contributed by atoms with E-state index in [9.17, 15) is 0 Å². The van der Waals surface area contributed by atoms with Crippen LogP contribution in [0.4, 0.5) is 5.69 Å². The number of aliphatic imine (C=N–C) groups is 1. The molecule has 2 aliphatic rings. The van der Waals surface area contributed by atoms with Crippen molar-refractivity contribution in [3.8, 4) is 0 Å². The molecule has 1 N–H and O–H groups in total. The molecule has 0 spiro atoms. The van der Waals surface area contributed by atoms with Gasteiger partial charge in [-0.05, 0) is 48.4 Å². The van der Waals surface area contributed by atoms with E-state index in [0.29, 0.717) is 11.3 Å². The van der Waals surface area contributed by atoms with Gasteiger partial charge in [-0.15, -0.1) is 24.0 Å². The molecule has 4 nitrogen and oxygen atoms in total. The van der Waals surface area contributed by atoms with Gasteiger partial charge in [-0.25, -0.2) is 0 Å². The lowest BCUT2D eigenvalue weighted by Crippen LogP contribution is -2.42. The molecule has 0 bridgehead atoms. The molecule has 2 fully saturated rings. The van der Waals surface area contributed by atoms with Gasteiger partial charge in [-0.3, -0.25) is 4.99 Å². The minimum atomic E-state index is 0. The van der Waals surface area contributed by atoms with E-state index in [-0.39, 0.29) is 24.0 Å². The molecule has 0 aliphatic carbocycles. The van der Waals surface area contributed by atoms with Crippen LogP contribution in [0.1, 0.15) is 26.7 Å². The summed E-state index contributed by atoms with van der Waals surface area (Å²) >= 11 is 3.51. The summed E-state index contributed by atoms with van der Waals surface area (Å²) in [6.07, 6.45) is 2.49. The van der Waals surface area contributed by atoms with Gasteiger partial charge >= 0.3 is 0 Å². The first kappa shape index (κ1) is 20.8. The summed E-state index contributed by atoms with van der Waals surface area (Å²) in [4.78, 5) is 9.39. The Kier molecular flexibility index (Phi) is 7.43. The van der Waals surface area contributed by atoms with Gasteiger partial charge < -0.3 is 15.1 Å². The lowest BCUT2D eigenvalue weighted by Gasteiger charge is -2.25. The fourth-order valence-electron chi connectivity index (χ4n) is 3.75. The SMILES string of the molecule is CN=C(NCC1CCN(c2ccc(Br)cc2)C1)N1CCC(C)(C)C1.I. The number of hydrogen-bond acceptors (Lipinski definition) is 2. The number of rotatable bonds is 3. The Hall–Kier alpha value is -0.500. The van der Waals surface area contributed by atoms with E-state index in [2.05, 4.69) is 74.2 Å². The van der Waals surface area contributed by atoms with E-state index >= 15 is 0 Å². The van der Waals surface area contributed by atoms with Gasteiger partial charge in [0.05, 0.1) is 0 Å². The zero-order valence-corrected chi connectivity index (χ0v) is 19.4. The molecule has 2 aliphatic heterocycles. The molecule has 2 heterocycles. The zero-order chi connectivity index (χ0) is 17.2. The summed E-state index contributed by atoms with van der Waals surface area (Å²) in [6, 6.07) is 8.64. The summed E-state index contributed by atoms with van der Waals surface area (Å²) < 4.78 is 1.14. The highest BCUT2D eigenvalue weighted by Gasteiger charge is 2.31. The van der Waals surface area contributed by atoms with Crippen LogP contribution in [-0.4, -0.2) is 50.6 Å². The molecule has 25 heavy (non-hydrogen) atoms. The third kappa shape index (κ3) is 5.49. The van der Waals surface area contributed by atoms with Crippen LogP contribution in [0.2, 0.25) is 0 Å². The Morgan fingerprint density at radius 1 is 1.28 bits per heavy atom. The molecule has 0 radical (unpaired) electrons. The maximum atomic E-state index is 4.50. The molecular formula is C19H30BrIN4. The molecule has 1 atom stereocenters. The number of benzene rings is 1. The van der Waals surface area contributed by atoms with Crippen molar-refractivity contribution in [2.75, 3.05) is 44.7 Å². The summed E-state index contributed by atoms with van der Waals surface area (Å²) in [6.45, 7) is 10.2. The van der Waals surface area contributed by atoms with Gasteiger partial charge in [-0.1, -0.05) is 29.8 Å². The van der Waals surface area contributed by atoms with Crippen molar-refractivity contribution < 1.29 is 0 Å². The van der Waals surface area contributed by atoms with Gasteiger partial charge in [0.2, 0.25) is 0 Å². The fraction of sp³-hybridized carbons (Fsp3) is 0.632. The van der Waals surface area contributed by atoms with E-state index in [4.69, 9.17) is 0 Å². The second kappa shape index (κ2) is 8.93. The van der Waals surface area contributed by atoms with E-state index in [0.717, 1.165) is 43.2 Å². The Balaban J connectivity index is 0.00000225. The summed E-state index contributed by atoms with van der Waals surface area (Å²) in [5, 5.41) is 3.61. The van der Waals surface area contributed by atoms with E-state index in [1.807, 2.05) is 7.05 Å². The molecule has 3 rings (SSSR count). The number of hydrogen-bond donors (Lipinski definition) is 1. The van der Waals surface area contributed by atoms with Crippen molar-refractivity contribution in [1.82, 2.24) is 10.2 Å². The van der Waals surface area contributed by atoms with Gasteiger partial charge in [-0.2, -0.15) is 0 Å². The van der Waals surface area contributed by atoms with Crippen LogP contribution in [0, 0.1) is 11.3 Å². The van der Waals surface area contributed by atoms with E-state index in [1.165, 1.54) is 18.5 Å². The zero-order valence-electron chi connectivity index (χ0n) is 15.5. The van der Waals surface area contributed by atoms with Crippen LogP contribution < -0.4 is 10.2 Å². The Morgan fingerprint density at radius 3 is 2.60 bits per heavy atom. The number of guanidine groups is 1. The number of nitrogens with one attached hydrogen (secondary N) is 1. The van der Waals surface area contributed by atoms with Crippen molar-refractivity contribution in [1.29, 1.82) is 0 Å². The fourth-order valence-corrected chi connectivity index (χ4v) is 4.01. The highest BCUT2D eigenvalue weighted by Crippen LogP contribution is 2.29. The maximum Gasteiger partial charge on any atom is 0.193 e. The largest absolute Gasteiger partial charge is 0.371 e. The Bertz CT molecular complexity index is 588. The van der Waals surface area contributed by atoms with Gasteiger partial charge in [0.25, 0.3) is 0 Å². The van der Waals surface area contributed by atoms with Crippen molar-refractivity contribution in [2.24, 2.45) is 16.3 Å². The topological polar surface area (TPSA) is 30.9 Å². The summed E-state index contributed by atoms with van der Waals surface area (Å²) in [5.74, 6) is 1.75. The molecule has 1 aromatic carbocycles. The average molecular weight is 521 g/mol. The molecule has 140 valence electrons. The highest BCUT2D eigenvalue weighted by molar-refractivity contribution is 14.0. The predicted octanol–water partition coefficient (Wildman–Crippen LogP) is 4.20. The summed E-state index contributed by atoms with van der Waals surface area (Å²) in [5.41, 5.74) is 1.73. The number of anilines is 1.